The largest absolute Gasteiger partial charge is 0.279 e. The van der Waals surface area contributed by atoms with Gasteiger partial charge in [0.25, 0.3) is 10.0 Å². The summed E-state index contributed by atoms with van der Waals surface area (Å²) < 4.78 is 49.7. The second kappa shape index (κ2) is 5.37. The Bertz CT molecular complexity index is 885. The van der Waals surface area contributed by atoms with Crippen molar-refractivity contribution in [3.05, 3.63) is 35.0 Å². The van der Waals surface area contributed by atoms with Gasteiger partial charge in [-0.15, -0.1) is 11.3 Å². The molecular weight excluding hydrogens is 334 g/mol. The summed E-state index contributed by atoms with van der Waals surface area (Å²) in [6, 6.07) is 4.21. The van der Waals surface area contributed by atoms with E-state index in [9.17, 15) is 16.8 Å². The number of hydrogen-bond acceptors (Lipinski definition) is 6. The van der Waals surface area contributed by atoms with Crippen molar-refractivity contribution in [1.29, 1.82) is 0 Å². The van der Waals surface area contributed by atoms with Crippen molar-refractivity contribution in [2.75, 3.05) is 4.72 Å². The van der Waals surface area contributed by atoms with Crippen LogP contribution in [-0.2, 0) is 20.0 Å². The Morgan fingerprint density at radius 2 is 1.86 bits per heavy atom. The zero-order valence-corrected chi connectivity index (χ0v) is 13.6. The number of anilines is 1. The molecule has 0 radical (unpaired) electrons. The molecule has 10 heteroatoms. The smallest absolute Gasteiger partial charge is 0.273 e. The molecule has 2 rings (SSSR count). The van der Waals surface area contributed by atoms with Crippen LogP contribution in [0.3, 0.4) is 0 Å². The van der Waals surface area contributed by atoms with Crippen LogP contribution in [0, 0.1) is 13.8 Å². The van der Waals surface area contributed by atoms with Gasteiger partial charge in [-0.3, -0.25) is 4.72 Å². The molecule has 7 nitrogen and oxygen atoms in total. The molecule has 0 unspecified atom stereocenters. The van der Waals surface area contributed by atoms with Crippen molar-refractivity contribution in [2.45, 2.75) is 23.0 Å². The van der Waals surface area contributed by atoms with Crippen LogP contribution in [0.2, 0.25) is 0 Å². The van der Waals surface area contributed by atoms with Crippen LogP contribution < -0.4 is 9.86 Å². The molecule has 0 saturated heterocycles. The number of rotatable bonds is 4. The number of primary sulfonamides is 1. The molecule has 0 aliphatic carbocycles. The van der Waals surface area contributed by atoms with Gasteiger partial charge in [-0.25, -0.2) is 27.0 Å². The normalized spacial score (nSPS) is 12.3. The zero-order valence-electron chi connectivity index (χ0n) is 11.2. The lowest BCUT2D eigenvalue weighted by Crippen LogP contribution is -2.17. The van der Waals surface area contributed by atoms with Crippen LogP contribution >= 0.6 is 11.3 Å². The van der Waals surface area contributed by atoms with Crippen LogP contribution in [0.25, 0.3) is 0 Å². The summed E-state index contributed by atoms with van der Waals surface area (Å²) in [6.45, 7) is 3.17. The third-order valence-corrected chi connectivity index (χ3v) is 6.49. The minimum atomic E-state index is -3.92. The predicted octanol–water partition coefficient (Wildman–Crippen LogP) is 1.21. The molecule has 0 amide bonds. The summed E-state index contributed by atoms with van der Waals surface area (Å²) >= 11 is 1.03. The van der Waals surface area contributed by atoms with Crippen LogP contribution in [-0.4, -0.2) is 21.8 Å². The second-order valence-electron chi connectivity index (χ2n) is 4.28. The van der Waals surface area contributed by atoms with E-state index >= 15 is 0 Å². The molecule has 0 bridgehead atoms. The van der Waals surface area contributed by atoms with E-state index < -0.39 is 20.0 Å². The summed E-state index contributed by atoms with van der Waals surface area (Å²) in [5, 5.41) is 5.71. The predicted molar refractivity (Wildman–Crippen MR) is 80.2 cm³/mol. The van der Waals surface area contributed by atoms with Crippen LogP contribution in [0.15, 0.2) is 33.5 Å². The Hall–Kier alpha value is -1.49. The summed E-state index contributed by atoms with van der Waals surface area (Å²) in [5.41, 5.74) is 0.400. The lowest BCUT2D eigenvalue weighted by atomic mass is 10.2. The summed E-state index contributed by atoms with van der Waals surface area (Å²) in [7, 11) is -7.72. The zero-order chi connectivity index (χ0) is 15.8. The average molecular weight is 347 g/mol. The van der Waals surface area contributed by atoms with Crippen LogP contribution in [0.1, 0.15) is 10.6 Å². The third kappa shape index (κ3) is 3.40. The van der Waals surface area contributed by atoms with Crippen molar-refractivity contribution in [2.24, 2.45) is 5.14 Å². The minimum absolute atomic E-state index is 0.0559. The first-order valence-corrected chi connectivity index (χ1v) is 9.53. The summed E-state index contributed by atoms with van der Waals surface area (Å²) in [5.74, 6) is 0. The molecule has 0 spiro atoms. The van der Waals surface area contributed by atoms with Gasteiger partial charge in [-0.1, -0.05) is 6.07 Å². The van der Waals surface area contributed by atoms with Crippen molar-refractivity contribution >= 4 is 37.1 Å². The third-order valence-electron chi connectivity index (χ3n) is 2.70. The topological polar surface area (TPSA) is 119 Å². The molecule has 0 saturated carbocycles. The van der Waals surface area contributed by atoms with E-state index in [-0.39, 0.29) is 20.4 Å². The summed E-state index contributed by atoms with van der Waals surface area (Å²) in [6.07, 6.45) is 1.25. The van der Waals surface area contributed by atoms with E-state index in [4.69, 9.17) is 5.14 Å². The van der Waals surface area contributed by atoms with Gasteiger partial charge in [0.05, 0.1) is 21.8 Å². The highest BCUT2D eigenvalue weighted by atomic mass is 32.2. The SMILES string of the molecule is Cc1ncc(S(=O)(=O)Nc2cccc(S(N)(=O)=O)c2C)s1. The molecule has 0 atom stereocenters. The Morgan fingerprint density at radius 3 is 2.38 bits per heavy atom. The van der Waals surface area contributed by atoms with Gasteiger partial charge in [-0.05, 0) is 31.5 Å². The fourth-order valence-electron chi connectivity index (χ4n) is 1.69. The monoisotopic (exact) mass is 347 g/mol. The van der Waals surface area contributed by atoms with E-state index in [0.29, 0.717) is 5.01 Å². The summed E-state index contributed by atoms with van der Waals surface area (Å²) in [4.78, 5) is 3.77. The molecule has 1 heterocycles. The number of benzene rings is 1. The number of nitrogens with two attached hydrogens (primary N) is 1. The molecule has 3 N–H and O–H groups in total. The Kier molecular flexibility index (Phi) is 4.06. The van der Waals surface area contributed by atoms with Gasteiger partial charge in [0, 0.05) is 0 Å². The number of sulfonamides is 2. The van der Waals surface area contributed by atoms with Crippen LogP contribution in [0.5, 0.6) is 0 Å². The molecule has 0 aliphatic rings. The van der Waals surface area contributed by atoms with E-state index in [1.165, 1.54) is 31.3 Å². The molecule has 0 aliphatic heterocycles. The first kappa shape index (κ1) is 15.9. The highest BCUT2D eigenvalue weighted by molar-refractivity contribution is 7.94. The fraction of sp³-hybridized carbons (Fsp3) is 0.182. The first-order chi connectivity index (χ1) is 9.61. The van der Waals surface area contributed by atoms with Gasteiger partial charge < -0.3 is 0 Å². The minimum Gasteiger partial charge on any atom is -0.279 e. The van der Waals surface area contributed by atoms with E-state index in [2.05, 4.69) is 9.71 Å². The second-order valence-corrected chi connectivity index (χ2v) is 8.95. The molecule has 2 aromatic rings. The van der Waals surface area contributed by atoms with Gasteiger partial charge >= 0.3 is 0 Å². The molecular formula is C11H13N3O4S3. The standard InChI is InChI=1S/C11H13N3O4S3/c1-7-9(4-3-5-10(7)20(12,15)16)14-21(17,18)11-6-13-8(2)19-11/h3-6,14H,1-2H3,(H2,12,15,16). The molecule has 0 fully saturated rings. The first-order valence-electron chi connectivity index (χ1n) is 5.69. The number of aryl methyl sites for hydroxylation is 1. The maximum atomic E-state index is 12.2. The number of nitrogens with zero attached hydrogens (tertiary/aromatic N) is 1. The number of thiazole rings is 1. The Balaban J connectivity index is 2.46. The fourth-order valence-corrected chi connectivity index (χ4v) is 4.73. The molecule has 1 aromatic carbocycles. The molecule has 1 aromatic heterocycles. The Morgan fingerprint density at radius 1 is 1.19 bits per heavy atom. The molecule has 21 heavy (non-hydrogen) atoms. The van der Waals surface area contributed by atoms with E-state index in [1.807, 2.05) is 0 Å². The number of hydrogen-bond donors (Lipinski definition) is 2. The van der Waals surface area contributed by atoms with Crippen molar-refractivity contribution in [3.63, 3.8) is 0 Å². The lowest BCUT2D eigenvalue weighted by molar-refractivity contribution is 0.596. The van der Waals surface area contributed by atoms with Gasteiger partial charge in [-0.2, -0.15) is 0 Å². The highest BCUT2D eigenvalue weighted by Crippen LogP contribution is 2.26. The van der Waals surface area contributed by atoms with Crippen molar-refractivity contribution in [1.82, 2.24) is 4.98 Å². The maximum absolute atomic E-state index is 12.2. The van der Waals surface area contributed by atoms with Crippen molar-refractivity contribution in [3.8, 4) is 0 Å². The van der Waals surface area contributed by atoms with Gasteiger partial charge in [0.1, 0.15) is 0 Å². The highest BCUT2D eigenvalue weighted by Gasteiger charge is 2.20. The number of aromatic nitrogens is 1. The van der Waals surface area contributed by atoms with Gasteiger partial charge in [0.15, 0.2) is 4.21 Å². The maximum Gasteiger partial charge on any atom is 0.273 e. The average Bonchev–Trinajstić information content (AvgIpc) is 2.78. The Labute approximate surface area is 126 Å². The van der Waals surface area contributed by atoms with Crippen molar-refractivity contribution < 1.29 is 16.8 Å². The van der Waals surface area contributed by atoms with Gasteiger partial charge in [0.2, 0.25) is 10.0 Å². The lowest BCUT2D eigenvalue weighted by Gasteiger charge is -2.11. The number of nitrogens with one attached hydrogen (secondary N) is 1. The van der Waals surface area contributed by atoms with E-state index in [0.717, 1.165) is 11.3 Å². The van der Waals surface area contributed by atoms with Crippen LogP contribution in [0.4, 0.5) is 5.69 Å². The van der Waals surface area contributed by atoms with E-state index in [1.54, 1.807) is 6.92 Å². The quantitative estimate of drug-likeness (QED) is 0.861. The molecule has 114 valence electrons.